The second-order valence-corrected chi connectivity index (χ2v) is 5.37. The minimum atomic E-state index is -4.62. The molecule has 1 aromatic carbocycles. The van der Waals surface area contributed by atoms with Crippen molar-refractivity contribution in [1.29, 1.82) is 0 Å². The minimum absolute atomic E-state index is 0. The molecule has 1 amide bonds. The molecule has 2 rings (SSSR count). The van der Waals surface area contributed by atoms with Gasteiger partial charge >= 0.3 is 12.3 Å². The van der Waals surface area contributed by atoms with Crippen LogP contribution < -0.4 is 5.32 Å². The first kappa shape index (κ1) is 17.6. The second kappa shape index (κ2) is 5.71. The van der Waals surface area contributed by atoms with Crippen LogP contribution in [0, 0.1) is 11.2 Å². The molecular weight excluding hydrogens is 314 g/mol. The lowest BCUT2D eigenvalue weighted by molar-refractivity contribution is -0.139. The highest BCUT2D eigenvalue weighted by molar-refractivity contribution is 5.85. The molecule has 1 aliphatic heterocycles. The molecule has 1 fully saturated rings. The number of nitrogens with one attached hydrogen (secondary N) is 1. The highest BCUT2D eigenvalue weighted by Gasteiger charge is 2.43. The first-order valence-electron chi connectivity index (χ1n) is 5.91. The van der Waals surface area contributed by atoms with E-state index >= 15 is 0 Å². The Kier molecular flexibility index (Phi) is 4.77. The van der Waals surface area contributed by atoms with Crippen LogP contribution in [0.15, 0.2) is 18.2 Å². The minimum Gasteiger partial charge on any atom is -0.449 e. The molecule has 8 heteroatoms. The number of carbonyl (C=O) groups is 1. The van der Waals surface area contributed by atoms with E-state index in [2.05, 4.69) is 5.32 Å². The van der Waals surface area contributed by atoms with Gasteiger partial charge in [0, 0.05) is 5.41 Å². The molecule has 1 saturated heterocycles. The summed E-state index contributed by atoms with van der Waals surface area (Å²) in [5.41, 5.74) is -2.04. The van der Waals surface area contributed by atoms with Crippen LogP contribution in [0.1, 0.15) is 31.0 Å². The lowest BCUT2D eigenvalue weighted by Crippen LogP contribution is -2.47. The van der Waals surface area contributed by atoms with Gasteiger partial charge in [-0.3, -0.25) is 0 Å². The van der Waals surface area contributed by atoms with Crippen LogP contribution in [0.5, 0.6) is 0 Å². The number of benzene rings is 1. The third-order valence-corrected chi connectivity index (χ3v) is 3.25. The molecule has 1 aliphatic rings. The summed E-state index contributed by atoms with van der Waals surface area (Å²) in [5.74, 6) is -0.787. The van der Waals surface area contributed by atoms with Crippen LogP contribution in [0.2, 0.25) is 0 Å². The van der Waals surface area contributed by atoms with Gasteiger partial charge < -0.3 is 10.1 Å². The quantitative estimate of drug-likeness (QED) is 0.789. The fourth-order valence-electron chi connectivity index (χ4n) is 2.22. The largest absolute Gasteiger partial charge is 0.449 e. The van der Waals surface area contributed by atoms with E-state index in [0.717, 1.165) is 12.1 Å². The maximum Gasteiger partial charge on any atom is 0.416 e. The molecule has 0 bridgehead atoms. The fraction of sp³-hybridized carbons (Fsp3) is 0.462. The Morgan fingerprint density at radius 1 is 1.33 bits per heavy atom. The highest BCUT2D eigenvalue weighted by atomic mass is 35.5. The van der Waals surface area contributed by atoms with Crippen LogP contribution in [-0.4, -0.2) is 12.7 Å². The summed E-state index contributed by atoms with van der Waals surface area (Å²) < 4.78 is 57.2. The predicted octanol–water partition coefficient (Wildman–Crippen LogP) is 4.07. The number of rotatable bonds is 1. The number of carbonyl (C=O) groups excluding carboxylic acids is 1. The molecule has 0 radical (unpaired) electrons. The maximum absolute atomic E-state index is 13.3. The summed E-state index contributed by atoms with van der Waals surface area (Å²) in [6, 6.07) is 1.26. The van der Waals surface area contributed by atoms with Gasteiger partial charge in [0.25, 0.3) is 0 Å². The van der Waals surface area contributed by atoms with Crippen molar-refractivity contribution in [2.45, 2.75) is 26.1 Å². The van der Waals surface area contributed by atoms with E-state index in [-0.39, 0.29) is 24.6 Å². The van der Waals surface area contributed by atoms with E-state index in [4.69, 9.17) is 4.74 Å². The van der Waals surface area contributed by atoms with E-state index in [1.807, 2.05) is 0 Å². The number of hydrogen-bond donors (Lipinski definition) is 1. The maximum atomic E-state index is 13.3. The molecule has 21 heavy (non-hydrogen) atoms. The van der Waals surface area contributed by atoms with Crippen LogP contribution in [0.25, 0.3) is 0 Å². The molecule has 0 unspecified atom stereocenters. The average Bonchev–Trinajstić information content (AvgIpc) is 2.30. The first-order valence-corrected chi connectivity index (χ1v) is 5.91. The van der Waals surface area contributed by atoms with Crippen molar-refractivity contribution in [2.24, 2.45) is 5.41 Å². The Morgan fingerprint density at radius 3 is 2.52 bits per heavy atom. The number of cyclic esters (lactones) is 1. The van der Waals surface area contributed by atoms with Gasteiger partial charge in [0.05, 0.1) is 11.6 Å². The molecule has 0 saturated carbocycles. The highest BCUT2D eigenvalue weighted by Crippen LogP contribution is 2.42. The molecule has 1 atom stereocenters. The normalized spacial score (nSPS) is 21.0. The molecular formula is C13H14ClF4NO2. The van der Waals surface area contributed by atoms with Crippen molar-refractivity contribution in [3.8, 4) is 0 Å². The summed E-state index contributed by atoms with van der Waals surface area (Å²) in [4.78, 5) is 11.3. The fourth-order valence-corrected chi connectivity index (χ4v) is 2.22. The van der Waals surface area contributed by atoms with Gasteiger partial charge in [0.2, 0.25) is 0 Å². The molecule has 0 spiro atoms. The van der Waals surface area contributed by atoms with E-state index < -0.39 is 35.1 Å². The van der Waals surface area contributed by atoms with Crippen LogP contribution >= 0.6 is 12.4 Å². The van der Waals surface area contributed by atoms with Gasteiger partial charge in [-0.05, 0) is 23.8 Å². The van der Waals surface area contributed by atoms with Crippen molar-refractivity contribution < 1.29 is 27.1 Å². The van der Waals surface area contributed by atoms with Crippen molar-refractivity contribution >= 4 is 18.5 Å². The topological polar surface area (TPSA) is 38.3 Å². The van der Waals surface area contributed by atoms with Gasteiger partial charge in [0.15, 0.2) is 0 Å². The number of amides is 1. The van der Waals surface area contributed by atoms with Crippen LogP contribution in [0.3, 0.4) is 0 Å². The lowest BCUT2D eigenvalue weighted by atomic mass is 9.78. The van der Waals surface area contributed by atoms with Crippen molar-refractivity contribution in [1.82, 2.24) is 5.32 Å². The zero-order valence-electron chi connectivity index (χ0n) is 11.3. The smallest absolute Gasteiger partial charge is 0.416 e. The number of halogens is 5. The van der Waals surface area contributed by atoms with Crippen LogP contribution in [0.4, 0.5) is 22.4 Å². The van der Waals surface area contributed by atoms with Crippen molar-refractivity contribution in [3.05, 3.63) is 35.1 Å². The van der Waals surface area contributed by atoms with E-state index in [1.165, 1.54) is 0 Å². The molecule has 0 aromatic heterocycles. The Bertz CT molecular complexity index is 545. The van der Waals surface area contributed by atoms with E-state index in [9.17, 15) is 22.4 Å². The van der Waals surface area contributed by atoms with Crippen molar-refractivity contribution in [2.75, 3.05) is 6.61 Å². The zero-order valence-corrected chi connectivity index (χ0v) is 12.1. The summed E-state index contributed by atoms with van der Waals surface area (Å²) >= 11 is 0. The van der Waals surface area contributed by atoms with Crippen molar-refractivity contribution in [3.63, 3.8) is 0 Å². The molecule has 0 aliphatic carbocycles. The first-order chi connectivity index (χ1) is 9.11. The summed E-state index contributed by atoms with van der Waals surface area (Å²) in [6.07, 6.45) is -5.44. The number of alkyl halides is 3. The Labute approximate surface area is 125 Å². The summed E-state index contributed by atoms with van der Waals surface area (Å²) in [6.45, 7) is 3.24. The Balaban J connectivity index is 0.00000220. The van der Waals surface area contributed by atoms with Gasteiger partial charge in [0.1, 0.15) is 12.4 Å². The molecule has 3 nitrogen and oxygen atoms in total. The number of ether oxygens (including phenoxy) is 1. The monoisotopic (exact) mass is 327 g/mol. The molecule has 118 valence electrons. The third-order valence-electron chi connectivity index (χ3n) is 3.25. The van der Waals surface area contributed by atoms with Gasteiger partial charge in [-0.2, -0.15) is 13.2 Å². The average molecular weight is 328 g/mol. The van der Waals surface area contributed by atoms with Gasteiger partial charge in [-0.1, -0.05) is 13.8 Å². The second-order valence-electron chi connectivity index (χ2n) is 5.37. The lowest BCUT2D eigenvalue weighted by Gasteiger charge is -2.39. The summed E-state index contributed by atoms with van der Waals surface area (Å²) in [5, 5.41) is 2.33. The van der Waals surface area contributed by atoms with Gasteiger partial charge in [-0.15, -0.1) is 12.4 Å². The SMILES string of the molecule is CC1(C)COC(=O)N[C@@H]1c1cc(F)ccc1C(F)(F)F.Cl. The molecule has 1 heterocycles. The number of alkyl carbamates (subject to hydrolysis) is 1. The Hall–Kier alpha value is -1.50. The van der Waals surface area contributed by atoms with E-state index in [0.29, 0.717) is 6.07 Å². The van der Waals surface area contributed by atoms with Gasteiger partial charge in [-0.25, -0.2) is 9.18 Å². The van der Waals surface area contributed by atoms with Crippen LogP contribution in [-0.2, 0) is 10.9 Å². The predicted molar refractivity (Wildman–Crippen MR) is 69.7 cm³/mol. The standard InChI is InChI=1S/C13H13F4NO2.ClH/c1-12(2)6-20-11(19)18-10(12)8-5-7(14)3-4-9(8)13(15,16)17;/h3-5,10H,6H2,1-2H3,(H,18,19);1H/t10-;/m1./s1. The molecule has 1 N–H and O–H groups in total. The Morgan fingerprint density at radius 2 is 1.95 bits per heavy atom. The molecule has 1 aromatic rings. The number of hydrogen-bond acceptors (Lipinski definition) is 2. The van der Waals surface area contributed by atoms with E-state index in [1.54, 1.807) is 13.8 Å². The zero-order chi connectivity index (χ0) is 15.1. The summed E-state index contributed by atoms with van der Waals surface area (Å²) in [7, 11) is 0. The third kappa shape index (κ3) is 3.58.